The summed E-state index contributed by atoms with van der Waals surface area (Å²) in [6.07, 6.45) is 5.24. The molecule has 1 aromatic carbocycles. The third kappa shape index (κ3) is 4.18. The van der Waals surface area contributed by atoms with E-state index in [-0.39, 0.29) is 17.7 Å². The van der Waals surface area contributed by atoms with Gasteiger partial charge >= 0.3 is 0 Å². The number of hydrogen-bond donors (Lipinski definition) is 0. The van der Waals surface area contributed by atoms with E-state index in [4.69, 9.17) is 0 Å². The Morgan fingerprint density at radius 2 is 1.93 bits per heavy atom. The van der Waals surface area contributed by atoms with Crippen molar-refractivity contribution in [2.24, 2.45) is 5.92 Å². The third-order valence-corrected chi connectivity index (χ3v) is 5.40. The maximum atomic E-state index is 12.4. The molecule has 0 N–H and O–H groups in total. The van der Waals surface area contributed by atoms with E-state index < -0.39 is 0 Å². The van der Waals surface area contributed by atoms with Crippen LogP contribution in [0.1, 0.15) is 35.3 Å². The van der Waals surface area contributed by atoms with E-state index in [2.05, 4.69) is 22.4 Å². The fourth-order valence-electron chi connectivity index (χ4n) is 3.93. The summed E-state index contributed by atoms with van der Waals surface area (Å²) in [6, 6.07) is 10.2. The first kappa shape index (κ1) is 17.7. The van der Waals surface area contributed by atoms with E-state index in [0.717, 1.165) is 45.4 Å². The molecule has 0 aliphatic carbocycles. The number of benzene rings is 1. The SMILES string of the molecule is O=C1CC(Cn2cc(C(=O)N3CCCC3)nn2)CN1CCc1ccccc1. The molecule has 0 saturated carbocycles. The van der Waals surface area contributed by atoms with E-state index in [1.165, 1.54) is 5.56 Å². The highest BCUT2D eigenvalue weighted by molar-refractivity contribution is 5.92. The molecule has 2 aliphatic heterocycles. The van der Waals surface area contributed by atoms with Crippen molar-refractivity contribution in [2.45, 2.75) is 32.2 Å². The zero-order chi connectivity index (χ0) is 18.6. The molecule has 4 rings (SSSR count). The molecule has 7 heteroatoms. The standard InChI is InChI=1S/C20H25N5O2/c26-19-12-17(13-24(19)11-8-16-6-2-1-3-7-16)14-25-15-18(21-22-25)20(27)23-9-4-5-10-23/h1-3,6-7,15,17H,4-5,8-14H2. The molecule has 2 aliphatic rings. The number of nitrogens with zero attached hydrogens (tertiary/aromatic N) is 5. The van der Waals surface area contributed by atoms with Crippen LogP contribution in [0.3, 0.4) is 0 Å². The van der Waals surface area contributed by atoms with Gasteiger partial charge in [0.25, 0.3) is 5.91 Å². The summed E-state index contributed by atoms with van der Waals surface area (Å²) in [5, 5.41) is 8.15. The van der Waals surface area contributed by atoms with Crippen LogP contribution in [0.2, 0.25) is 0 Å². The Morgan fingerprint density at radius 1 is 1.15 bits per heavy atom. The molecule has 3 heterocycles. The molecular formula is C20H25N5O2. The molecule has 0 spiro atoms. The fraction of sp³-hybridized carbons (Fsp3) is 0.500. The molecule has 2 amide bonds. The molecule has 27 heavy (non-hydrogen) atoms. The Kier molecular flexibility index (Phi) is 5.18. The van der Waals surface area contributed by atoms with Crippen LogP contribution >= 0.6 is 0 Å². The lowest BCUT2D eigenvalue weighted by Gasteiger charge is -2.16. The quantitative estimate of drug-likeness (QED) is 0.778. The summed E-state index contributed by atoms with van der Waals surface area (Å²) in [5.74, 6) is 0.375. The molecule has 1 atom stereocenters. The van der Waals surface area contributed by atoms with Gasteiger partial charge in [0.2, 0.25) is 5.91 Å². The van der Waals surface area contributed by atoms with Crippen LogP contribution in [0.25, 0.3) is 0 Å². The van der Waals surface area contributed by atoms with Crippen molar-refractivity contribution in [2.75, 3.05) is 26.2 Å². The van der Waals surface area contributed by atoms with Gasteiger partial charge in [-0.25, -0.2) is 0 Å². The van der Waals surface area contributed by atoms with Gasteiger partial charge in [-0.3, -0.25) is 14.3 Å². The van der Waals surface area contributed by atoms with E-state index in [1.54, 1.807) is 10.9 Å². The average molecular weight is 367 g/mol. The Balaban J connectivity index is 1.30. The first-order valence-corrected chi connectivity index (χ1v) is 9.70. The van der Waals surface area contributed by atoms with E-state index in [0.29, 0.717) is 18.7 Å². The normalized spacial score (nSPS) is 19.9. The highest BCUT2D eigenvalue weighted by Crippen LogP contribution is 2.20. The second-order valence-electron chi connectivity index (χ2n) is 7.47. The molecule has 142 valence electrons. The molecule has 2 fully saturated rings. The lowest BCUT2D eigenvalue weighted by atomic mass is 10.1. The van der Waals surface area contributed by atoms with E-state index in [9.17, 15) is 9.59 Å². The lowest BCUT2D eigenvalue weighted by molar-refractivity contribution is -0.127. The van der Waals surface area contributed by atoms with Crippen LogP contribution in [-0.4, -0.2) is 62.8 Å². The van der Waals surface area contributed by atoms with Gasteiger partial charge in [0.15, 0.2) is 5.69 Å². The molecule has 7 nitrogen and oxygen atoms in total. The highest BCUT2D eigenvalue weighted by atomic mass is 16.2. The molecule has 2 saturated heterocycles. The fourth-order valence-corrected chi connectivity index (χ4v) is 3.93. The summed E-state index contributed by atoms with van der Waals surface area (Å²) in [7, 11) is 0. The first-order chi connectivity index (χ1) is 13.2. The lowest BCUT2D eigenvalue weighted by Crippen LogP contribution is -2.28. The number of carbonyl (C=O) groups is 2. The Morgan fingerprint density at radius 3 is 2.70 bits per heavy atom. The van der Waals surface area contributed by atoms with Crippen LogP contribution in [-0.2, 0) is 17.8 Å². The number of hydrogen-bond acceptors (Lipinski definition) is 4. The van der Waals surface area contributed by atoms with Gasteiger partial charge in [0, 0.05) is 45.1 Å². The molecule has 0 bridgehead atoms. The van der Waals surface area contributed by atoms with Gasteiger partial charge in [-0.2, -0.15) is 0 Å². The number of likely N-dealkylation sites (tertiary alicyclic amines) is 2. The monoisotopic (exact) mass is 367 g/mol. The maximum Gasteiger partial charge on any atom is 0.276 e. The van der Waals surface area contributed by atoms with Crippen molar-refractivity contribution in [1.82, 2.24) is 24.8 Å². The summed E-state index contributed by atoms with van der Waals surface area (Å²) in [4.78, 5) is 28.4. The van der Waals surface area contributed by atoms with Crippen molar-refractivity contribution in [3.05, 3.63) is 47.8 Å². The predicted molar refractivity (Wildman–Crippen MR) is 100.0 cm³/mol. The summed E-state index contributed by atoms with van der Waals surface area (Å²) in [5.41, 5.74) is 1.65. The molecule has 0 radical (unpaired) electrons. The zero-order valence-corrected chi connectivity index (χ0v) is 15.5. The molecule has 1 unspecified atom stereocenters. The smallest absolute Gasteiger partial charge is 0.276 e. The highest BCUT2D eigenvalue weighted by Gasteiger charge is 2.30. The van der Waals surface area contributed by atoms with Crippen LogP contribution in [0.15, 0.2) is 36.5 Å². The molecular weight excluding hydrogens is 342 g/mol. The maximum absolute atomic E-state index is 12.4. The minimum atomic E-state index is -0.0364. The Bertz CT molecular complexity index is 798. The largest absolute Gasteiger partial charge is 0.342 e. The van der Waals surface area contributed by atoms with Crippen molar-refractivity contribution in [3.8, 4) is 0 Å². The van der Waals surface area contributed by atoms with Gasteiger partial charge in [-0.1, -0.05) is 35.5 Å². The molecule has 1 aromatic heterocycles. The van der Waals surface area contributed by atoms with E-state index in [1.807, 2.05) is 28.0 Å². The van der Waals surface area contributed by atoms with Crippen molar-refractivity contribution in [3.63, 3.8) is 0 Å². The van der Waals surface area contributed by atoms with Crippen molar-refractivity contribution < 1.29 is 9.59 Å². The number of rotatable bonds is 6. The Labute approximate surface area is 158 Å². The third-order valence-electron chi connectivity index (χ3n) is 5.40. The van der Waals surface area contributed by atoms with Gasteiger partial charge in [-0.05, 0) is 24.8 Å². The zero-order valence-electron chi connectivity index (χ0n) is 15.5. The summed E-state index contributed by atoms with van der Waals surface area (Å²) < 4.78 is 1.71. The predicted octanol–water partition coefficient (Wildman–Crippen LogP) is 1.61. The van der Waals surface area contributed by atoms with Crippen LogP contribution in [0.5, 0.6) is 0 Å². The van der Waals surface area contributed by atoms with Gasteiger partial charge < -0.3 is 9.80 Å². The Hall–Kier alpha value is -2.70. The average Bonchev–Trinajstić information content (AvgIpc) is 3.42. The number of amides is 2. The van der Waals surface area contributed by atoms with Crippen molar-refractivity contribution >= 4 is 11.8 Å². The van der Waals surface area contributed by atoms with Crippen LogP contribution in [0.4, 0.5) is 0 Å². The first-order valence-electron chi connectivity index (χ1n) is 9.70. The second kappa shape index (κ2) is 7.90. The van der Waals surface area contributed by atoms with Gasteiger partial charge in [-0.15, -0.1) is 5.10 Å². The molecule has 2 aromatic rings. The van der Waals surface area contributed by atoms with Gasteiger partial charge in [0.1, 0.15) is 0 Å². The van der Waals surface area contributed by atoms with Crippen molar-refractivity contribution in [1.29, 1.82) is 0 Å². The minimum absolute atomic E-state index is 0.0364. The summed E-state index contributed by atoms with van der Waals surface area (Å²) >= 11 is 0. The van der Waals surface area contributed by atoms with E-state index >= 15 is 0 Å². The topological polar surface area (TPSA) is 71.3 Å². The summed E-state index contributed by atoms with van der Waals surface area (Å²) in [6.45, 7) is 3.71. The van der Waals surface area contributed by atoms with Crippen LogP contribution in [0, 0.1) is 5.92 Å². The number of carbonyl (C=O) groups excluding carboxylic acids is 2. The van der Waals surface area contributed by atoms with Gasteiger partial charge in [0.05, 0.1) is 6.20 Å². The second-order valence-corrected chi connectivity index (χ2v) is 7.47. The minimum Gasteiger partial charge on any atom is -0.342 e. The van der Waals surface area contributed by atoms with Crippen LogP contribution < -0.4 is 0 Å². The number of aromatic nitrogens is 3.